The van der Waals surface area contributed by atoms with Crippen molar-refractivity contribution in [2.75, 3.05) is 26.2 Å². The van der Waals surface area contributed by atoms with E-state index in [-0.39, 0.29) is 0 Å². The first-order valence-electron chi connectivity index (χ1n) is 7.70. The first-order valence-corrected chi connectivity index (χ1v) is 7.70. The summed E-state index contributed by atoms with van der Waals surface area (Å²) >= 11 is 0. The maximum absolute atomic E-state index is 9.94. The van der Waals surface area contributed by atoms with E-state index >= 15 is 0 Å². The summed E-state index contributed by atoms with van der Waals surface area (Å²) in [6.07, 6.45) is 10.8. The zero-order valence-corrected chi connectivity index (χ0v) is 12.0. The van der Waals surface area contributed by atoms with Crippen LogP contribution in [-0.2, 0) is 0 Å². The minimum absolute atomic E-state index is 0.366. The van der Waals surface area contributed by atoms with Crippen LogP contribution in [0.25, 0.3) is 0 Å². The number of likely N-dealkylation sites (tertiary alicyclic amines) is 1. The molecule has 0 aromatic carbocycles. The molecule has 1 saturated carbocycles. The van der Waals surface area contributed by atoms with E-state index in [2.05, 4.69) is 4.90 Å². The van der Waals surface area contributed by atoms with Crippen molar-refractivity contribution in [3.8, 4) is 0 Å². The maximum Gasteiger partial charge on any atom is 0.0753 e. The molecule has 0 aromatic rings. The second-order valence-corrected chi connectivity index (χ2v) is 6.85. The Morgan fingerprint density at radius 1 is 1.11 bits per heavy atom. The molecule has 2 rings (SSSR count). The molecule has 1 aliphatic carbocycles. The summed E-state index contributed by atoms with van der Waals surface area (Å²) in [5, 5.41) is 9.94. The van der Waals surface area contributed by atoms with Crippen molar-refractivity contribution in [1.82, 2.24) is 4.90 Å². The highest BCUT2D eigenvalue weighted by molar-refractivity contribution is 4.88. The molecule has 1 unspecified atom stereocenters. The SMILES string of the molecule is CC(O)(CN)CCN1CCC2(CCCCC2)CC1. The molecule has 2 fully saturated rings. The Morgan fingerprint density at radius 3 is 2.28 bits per heavy atom. The van der Waals surface area contributed by atoms with Gasteiger partial charge in [-0.05, 0) is 57.5 Å². The maximum atomic E-state index is 9.94. The van der Waals surface area contributed by atoms with Crippen LogP contribution in [0.5, 0.6) is 0 Å². The fourth-order valence-electron chi connectivity index (χ4n) is 3.55. The molecule has 0 radical (unpaired) electrons. The summed E-state index contributed by atoms with van der Waals surface area (Å²) in [5.74, 6) is 0. The quantitative estimate of drug-likeness (QED) is 0.808. The number of hydrogen-bond donors (Lipinski definition) is 2. The van der Waals surface area contributed by atoms with Gasteiger partial charge in [-0.1, -0.05) is 19.3 Å². The topological polar surface area (TPSA) is 49.5 Å². The normalized spacial score (nSPS) is 28.2. The lowest BCUT2D eigenvalue weighted by Crippen LogP contribution is -2.44. The van der Waals surface area contributed by atoms with Crippen LogP contribution in [0, 0.1) is 5.41 Å². The van der Waals surface area contributed by atoms with Crippen molar-refractivity contribution in [1.29, 1.82) is 0 Å². The van der Waals surface area contributed by atoms with Crippen molar-refractivity contribution in [2.24, 2.45) is 11.1 Å². The Hall–Kier alpha value is -0.120. The van der Waals surface area contributed by atoms with E-state index in [0.717, 1.165) is 13.0 Å². The fourth-order valence-corrected chi connectivity index (χ4v) is 3.55. The zero-order chi connectivity index (χ0) is 13.1. The Morgan fingerprint density at radius 2 is 1.72 bits per heavy atom. The van der Waals surface area contributed by atoms with Crippen molar-refractivity contribution in [2.45, 2.75) is 63.9 Å². The fraction of sp³-hybridized carbons (Fsp3) is 1.00. The Balaban J connectivity index is 1.73. The molecule has 3 N–H and O–H groups in total. The molecule has 1 heterocycles. The molecular weight excluding hydrogens is 224 g/mol. The lowest BCUT2D eigenvalue weighted by atomic mass is 9.68. The smallest absolute Gasteiger partial charge is 0.0753 e. The number of rotatable bonds is 4. The van der Waals surface area contributed by atoms with Gasteiger partial charge >= 0.3 is 0 Å². The van der Waals surface area contributed by atoms with Gasteiger partial charge in [-0.2, -0.15) is 0 Å². The second-order valence-electron chi connectivity index (χ2n) is 6.85. The van der Waals surface area contributed by atoms with Gasteiger partial charge in [0.1, 0.15) is 0 Å². The van der Waals surface area contributed by atoms with E-state index in [4.69, 9.17) is 5.73 Å². The first kappa shape index (κ1) is 14.3. The number of aliphatic hydroxyl groups is 1. The van der Waals surface area contributed by atoms with E-state index in [0.29, 0.717) is 12.0 Å². The van der Waals surface area contributed by atoms with Gasteiger partial charge in [0.15, 0.2) is 0 Å². The molecule has 0 bridgehead atoms. The zero-order valence-electron chi connectivity index (χ0n) is 12.0. The highest BCUT2D eigenvalue weighted by Gasteiger charge is 2.35. The Bertz CT molecular complexity index is 249. The van der Waals surface area contributed by atoms with Gasteiger partial charge in [-0.25, -0.2) is 0 Å². The third-order valence-corrected chi connectivity index (χ3v) is 5.24. The predicted octanol–water partition coefficient (Wildman–Crippen LogP) is 2.13. The first-order chi connectivity index (χ1) is 8.55. The van der Waals surface area contributed by atoms with Crippen molar-refractivity contribution >= 4 is 0 Å². The average molecular weight is 254 g/mol. The van der Waals surface area contributed by atoms with Crippen LogP contribution >= 0.6 is 0 Å². The minimum atomic E-state index is -0.681. The van der Waals surface area contributed by atoms with Gasteiger partial charge in [0.05, 0.1) is 5.60 Å². The van der Waals surface area contributed by atoms with Crippen LogP contribution < -0.4 is 5.73 Å². The minimum Gasteiger partial charge on any atom is -0.389 e. The third kappa shape index (κ3) is 3.69. The van der Waals surface area contributed by atoms with Crippen molar-refractivity contribution < 1.29 is 5.11 Å². The summed E-state index contributed by atoms with van der Waals surface area (Å²) in [4.78, 5) is 2.52. The van der Waals surface area contributed by atoms with Crippen LogP contribution in [0.2, 0.25) is 0 Å². The summed E-state index contributed by atoms with van der Waals surface area (Å²) in [7, 11) is 0. The number of nitrogens with zero attached hydrogens (tertiary/aromatic N) is 1. The summed E-state index contributed by atoms with van der Waals surface area (Å²) in [6, 6.07) is 0. The van der Waals surface area contributed by atoms with E-state index in [9.17, 15) is 5.11 Å². The summed E-state index contributed by atoms with van der Waals surface area (Å²) in [5.41, 5.74) is 5.57. The van der Waals surface area contributed by atoms with Crippen LogP contribution in [0.15, 0.2) is 0 Å². The molecule has 3 heteroatoms. The van der Waals surface area contributed by atoms with Gasteiger partial charge < -0.3 is 15.7 Å². The van der Waals surface area contributed by atoms with Gasteiger partial charge in [0.2, 0.25) is 0 Å². The molecule has 0 aromatic heterocycles. The third-order valence-electron chi connectivity index (χ3n) is 5.24. The van der Waals surface area contributed by atoms with Gasteiger partial charge in [-0.15, -0.1) is 0 Å². The van der Waals surface area contributed by atoms with Crippen LogP contribution in [0.1, 0.15) is 58.3 Å². The number of hydrogen-bond acceptors (Lipinski definition) is 3. The van der Waals surface area contributed by atoms with E-state index in [1.807, 2.05) is 6.92 Å². The van der Waals surface area contributed by atoms with E-state index < -0.39 is 5.60 Å². The average Bonchev–Trinajstić information content (AvgIpc) is 2.39. The molecule has 1 saturated heterocycles. The van der Waals surface area contributed by atoms with Crippen LogP contribution in [0.4, 0.5) is 0 Å². The van der Waals surface area contributed by atoms with Crippen LogP contribution in [0.3, 0.4) is 0 Å². The molecular formula is C15H30N2O. The van der Waals surface area contributed by atoms with Gasteiger partial charge in [0.25, 0.3) is 0 Å². The molecule has 18 heavy (non-hydrogen) atoms. The molecule has 0 amide bonds. The van der Waals surface area contributed by atoms with Crippen molar-refractivity contribution in [3.05, 3.63) is 0 Å². The van der Waals surface area contributed by atoms with Crippen LogP contribution in [-0.4, -0.2) is 41.8 Å². The molecule has 2 aliphatic rings. The lowest BCUT2D eigenvalue weighted by Gasteiger charge is -2.44. The standard InChI is InChI=1S/C15H30N2O/c1-14(18,13-16)7-10-17-11-8-15(9-12-17)5-3-2-4-6-15/h18H,2-13,16H2,1H3. The number of nitrogens with two attached hydrogens (primary N) is 1. The molecule has 1 aliphatic heterocycles. The predicted molar refractivity (Wildman–Crippen MR) is 75.5 cm³/mol. The second kappa shape index (κ2) is 5.89. The van der Waals surface area contributed by atoms with E-state index in [1.165, 1.54) is 58.0 Å². The number of piperidine rings is 1. The Kier molecular flexibility index (Phi) is 4.68. The lowest BCUT2D eigenvalue weighted by molar-refractivity contribution is 0.0266. The summed E-state index contributed by atoms with van der Waals surface area (Å²) in [6.45, 7) is 5.66. The van der Waals surface area contributed by atoms with E-state index in [1.54, 1.807) is 0 Å². The van der Waals surface area contributed by atoms with Crippen molar-refractivity contribution in [3.63, 3.8) is 0 Å². The molecule has 3 nitrogen and oxygen atoms in total. The molecule has 1 spiro atoms. The summed E-state index contributed by atoms with van der Waals surface area (Å²) < 4.78 is 0. The molecule has 1 atom stereocenters. The highest BCUT2D eigenvalue weighted by Crippen LogP contribution is 2.44. The monoisotopic (exact) mass is 254 g/mol. The van der Waals surface area contributed by atoms with Gasteiger partial charge in [0, 0.05) is 13.1 Å². The Labute approximate surface area is 112 Å². The largest absolute Gasteiger partial charge is 0.389 e. The highest BCUT2D eigenvalue weighted by atomic mass is 16.3. The van der Waals surface area contributed by atoms with Gasteiger partial charge in [-0.3, -0.25) is 0 Å². The molecule has 106 valence electrons.